The maximum absolute atomic E-state index is 12.2. The van der Waals surface area contributed by atoms with E-state index < -0.39 is 10.5 Å². The van der Waals surface area contributed by atoms with Crippen molar-refractivity contribution in [2.45, 2.75) is 31.3 Å². The van der Waals surface area contributed by atoms with Crippen molar-refractivity contribution >= 4 is 11.6 Å². The van der Waals surface area contributed by atoms with Gasteiger partial charge in [-0.1, -0.05) is 36.4 Å². The lowest BCUT2D eigenvalue weighted by Gasteiger charge is -2.34. The molecule has 130 valence electrons. The van der Waals surface area contributed by atoms with E-state index in [2.05, 4.69) is 5.32 Å². The highest BCUT2D eigenvalue weighted by Crippen LogP contribution is 2.34. The molecule has 1 amide bonds. The Hall–Kier alpha value is -2.73. The molecule has 0 heterocycles. The summed E-state index contributed by atoms with van der Waals surface area (Å²) in [6.07, 6.45) is 2.55. The second-order valence-electron chi connectivity index (χ2n) is 6.42. The maximum atomic E-state index is 12.2. The molecule has 0 fully saturated rings. The van der Waals surface area contributed by atoms with E-state index in [9.17, 15) is 20.0 Å². The van der Waals surface area contributed by atoms with Crippen LogP contribution in [0.25, 0.3) is 0 Å². The van der Waals surface area contributed by atoms with E-state index in [0.29, 0.717) is 12.0 Å². The Morgan fingerprint density at radius 3 is 2.64 bits per heavy atom. The molecule has 1 aliphatic carbocycles. The Bertz CT molecular complexity index is 788. The van der Waals surface area contributed by atoms with E-state index in [1.165, 1.54) is 12.1 Å². The van der Waals surface area contributed by atoms with E-state index in [1.54, 1.807) is 12.1 Å². The fraction of sp³-hybridized carbons (Fsp3) is 0.316. The van der Waals surface area contributed by atoms with Gasteiger partial charge in [-0.2, -0.15) is 0 Å². The maximum Gasteiger partial charge on any atom is 0.269 e. The van der Waals surface area contributed by atoms with Gasteiger partial charge in [-0.3, -0.25) is 14.9 Å². The zero-order valence-corrected chi connectivity index (χ0v) is 13.8. The molecule has 0 aliphatic heterocycles. The van der Waals surface area contributed by atoms with Crippen molar-refractivity contribution in [3.05, 3.63) is 75.3 Å². The summed E-state index contributed by atoms with van der Waals surface area (Å²) in [5.74, 6) is -0.217. The zero-order chi connectivity index (χ0) is 17.9. The van der Waals surface area contributed by atoms with Gasteiger partial charge in [0.15, 0.2) is 0 Å². The number of carbonyl (C=O) groups excluding carboxylic acids is 1. The van der Waals surface area contributed by atoms with Crippen LogP contribution in [0.3, 0.4) is 0 Å². The molecular weight excluding hydrogens is 320 g/mol. The van der Waals surface area contributed by atoms with E-state index in [1.807, 2.05) is 24.3 Å². The van der Waals surface area contributed by atoms with Crippen LogP contribution in [0.1, 0.15) is 29.5 Å². The first-order valence-electron chi connectivity index (χ1n) is 8.29. The third-order valence-electron chi connectivity index (χ3n) is 4.65. The first-order chi connectivity index (χ1) is 12.0. The fourth-order valence-electron chi connectivity index (χ4n) is 3.31. The third kappa shape index (κ3) is 3.85. The number of non-ortho nitro benzene ring substituents is 1. The number of nitro groups is 1. The van der Waals surface area contributed by atoms with Gasteiger partial charge in [-0.05, 0) is 36.0 Å². The molecule has 0 saturated carbocycles. The lowest BCUT2D eigenvalue weighted by Crippen LogP contribution is -2.43. The van der Waals surface area contributed by atoms with Crippen molar-refractivity contribution in [3.8, 4) is 0 Å². The molecule has 2 N–H and O–H groups in total. The molecule has 0 aromatic heterocycles. The van der Waals surface area contributed by atoms with Crippen LogP contribution >= 0.6 is 0 Å². The number of nitro benzene ring substituents is 1. The van der Waals surface area contributed by atoms with Gasteiger partial charge < -0.3 is 10.4 Å². The molecule has 1 unspecified atom stereocenters. The molecule has 0 bridgehead atoms. The molecule has 2 aromatic rings. The van der Waals surface area contributed by atoms with Crippen LogP contribution in [0.4, 0.5) is 5.69 Å². The van der Waals surface area contributed by atoms with Gasteiger partial charge in [0.05, 0.1) is 17.9 Å². The number of hydrogen-bond donors (Lipinski definition) is 2. The molecule has 3 rings (SSSR count). The average molecular weight is 340 g/mol. The normalized spacial score (nSPS) is 19.1. The summed E-state index contributed by atoms with van der Waals surface area (Å²) in [4.78, 5) is 22.3. The number of aryl methyl sites for hydroxylation is 1. The second-order valence-corrected chi connectivity index (χ2v) is 6.42. The molecule has 6 nitrogen and oxygen atoms in total. The highest BCUT2D eigenvalue weighted by atomic mass is 16.6. The predicted molar refractivity (Wildman–Crippen MR) is 93.1 cm³/mol. The summed E-state index contributed by atoms with van der Waals surface area (Å²) in [7, 11) is 0. The van der Waals surface area contributed by atoms with Crippen molar-refractivity contribution in [3.63, 3.8) is 0 Å². The minimum Gasteiger partial charge on any atom is -0.383 e. The number of nitrogens with one attached hydrogen (secondary N) is 1. The zero-order valence-electron chi connectivity index (χ0n) is 13.8. The standard InChI is InChI=1S/C19H20N2O4/c22-18(12-14-7-9-16(10-8-14)21(24)25)20-13-19(23)11-3-5-15-4-1-2-6-17(15)19/h1-2,4,6-10,23H,3,5,11-13H2,(H,20,22). The Kier molecular flexibility index (Phi) is 4.81. The molecule has 25 heavy (non-hydrogen) atoms. The Labute approximate surface area is 145 Å². The Morgan fingerprint density at radius 2 is 1.92 bits per heavy atom. The van der Waals surface area contributed by atoms with Gasteiger partial charge in [0.1, 0.15) is 5.60 Å². The van der Waals surface area contributed by atoms with Crippen molar-refractivity contribution in [1.29, 1.82) is 0 Å². The SMILES string of the molecule is O=C(Cc1ccc([N+](=O)[O-])cc1)NCC1(O)CCCc2ccccc21. The van der Waals surface area contributed by atoms with E-state index >= 15 is 0 Å². The van der Waals surface area contributed by atoms with Crippen molar-refractivity contribution in [2.24, 2.45) is 0 Å². The van der Waals surface area contributed by atoms with Crippen LogP contribution in [0, 0.1) is 10.1 Å². The van der Waals surface area contributed by atoms with E-state index in [4.69, 9.17) is 0 Å². The number of rotatable bonds is 5. The number of benzene rings is 2. The van der Waals surface area contributed by atoms with E-state index in [0.717, 1.165) is 24.0 Å². The number of aliphatic hydroxyl groups is 1. The molecule has 0 radical (unpaired) electrons. The third-order valence-corrected chi connectivity index (χ3v) is 4.65. The Morgan fingerprint density at radius 1 is 1.20 bits per heavy atom. The molecule has 0 saturated heterocycles. The molecule has 6 heteroatoms. The molecule has 1 atom stereocenters. The highest BCUT2D eigenvalue weighted by Gasteiger charge is 2.34. The summed E-state index contributed by atoms with van der Waals surface area (Å²) in [5.41, 5.74) is 1.66. The summed E-state index contributed by atoms with van der Waals surface area (Å²) in [6, 6.07) is 13.7. The van der Waals surface area contributed by atoms with Crippen molar-refractivity contribution < 1.29 is 14.8 Å². The average Bonchev–Trinajstić information content (AvgIpc) is 2.61. The molecule has 2 aromatic carbocycles. The number of carbonyl (C=O) groups is 1. The summed E-state index contributed by atoms with van der Waals surface area (Å²) >= 11 is 0. The molecule has 1 aliphatic rings. The van der Waals surface area contributed by atoms with Gasteiger partial charge in [0.25, 0.3) is 5.69 Å². The van der Waals surface area contributed by atoms with Crippen LogP contribution in [0.5, 0.6) is 0 Å². The predicted octanol–water partition coefficient (Wildman–Crippen LogP) is 2.48. The largest absolute Gasteiger partial charge is 0.383 e. The quantitative estimate of drug-likeness (QED) is 0.646. The number of amides is 1. The number of nitrogens with zero attached hydrogens (tertiary/aromatic N) is 1. The minimum absolute atomic E-state index is 0.00252. The van der Waals surface area contributed by atoms with Crippen LogP contribution < -0.4 is 5.32 Å². The fourth-order valence-corrected chi connectivity index (χ4v) is 3.31. The van der Waals surface area contributed by atoms with Crippen LogP contribution in [0.15, 0.2) is 48.5 Å². The number of hydrogen-bond acceptors (Lipinski definition) is 4. The lowest BCUT2D eigenvalue weighted by atomic mass is 9.79. The smallest absolute Gasteiger partial charge is 0.269 e. The monoisotopic (exact) mass is 340 g/mol. The summed E-state index contributed by atoms with van der Waals surface area (Å²) in [6.45, 7) is 0.163. The van der Waals surface area contributed by atoms with Gasteiger partial charge >= 0.3 is 0 Å². The van der Waals surface area contributed by atoms with Gasteiger partial charge in [-0.25, -0.2) is 0 Å². The van der Waals surface area contributed by atoms with Crippen molar-refractivity contribution in [1.82, 2.24) is 5.32 Å². The van der Waals surface area contributed by atoms with Crippen LogP contribution in [-0.4, -0.2) is 22.5 Å². The van der Waals surface area contributed by atoms with Gasteiger partial charge in [0.2, 0.25) is 5.91 Å². The number of fused-ring (bicyclic) bond motifs is 1. The van der Waals surface area contributed by atoms with Gasteiger partial charge in [-0.15, -0.1) is 0 Å². The lowest BCUT2D eigenvalue weighted by molar-refractivity contribution is -0.384. The second kappa shape index (κ2) is 7.03. The van der Waals surface area contributed by atoms with Crippen LogP contribution in [0.2, 0.25) is 0 Å². The first-order valence-corrected chi connectivity index (χ1v) is 8.29. The molecule has 0 spiro atoms. The van der Waals surface area contributed by atoms with Crippen molar-refractivity contribution in [2.75, 3.05) is 6.54 Å². The first kappa shape index (κ1) is 17.1. The highest BCUT2D eigenvalue weighted by molar-refractivity contribution is 5.78. The molecular formula is C19H20N2O4. The summed E-state index contributed by atoms with van der Waals surface area (Å²) < 4.78 is 0. The van der Waals surface area contributed by atoms with Gasteiger partial charge in [0, 0.05) is 12.1 Å². The van der Waals surface area contributed by atoms with Crippen LogP contribution in [-0.2, 0) is 23.2 Å². The van der Waals surface area contributed by atoms with E-state index in [-0.39, 0.29) is 24.6 Å². The minimum atomic E-state index is -1.04. The topological polar surface area (TPSA) is 92.5 Å². The summed E-state index contributed by atoms with van der Waals surface area (Å²) in [5, 5.41) is 24.4. The Balaban J connectivity index is 1.62.